The van der Waals surface area contributed by atoms with Crippen LogP contribution in [0.4, 0.5) is 0 Å². The maximum Gasteiger partial charge on any atom is 0.242 e. The van der Waals surface area contributed by atoms with E-state index in [0.29, 0.717) is 45.0 Å². The molecule has 2 aromatic carbocycles. The number of rotatable bonds is 10. The van der Waals surface area contributed by atoms with Gasteiger partial charge in [-0.15, -0.1) is 19.8 Å². The maximum atomic E-state index is 13.3. The number of phenols is 2. The molecule has 3 N–H and O–H groups in total. The number of aliphatic hydroxyl groups is 1. The second kappa shape index (κ2) is 13.1. The fourth-order valence-corrected chi connectivity index (χ4v) is 5.67. The molecule has 45 heavy (non-hydrogen) atoms. The summed E-state index contributed by atoms with van der Waals surface area (Å²) >= 11 is 0. The smallest absolute Gasteiger partial charge is 0.242 e. The van der Waals surface area contributed by atoms with Gasteiger partial charge >= 0.3 is 0 Å². The first-order valence-corrected chi connectivity index (χ1v) is 15.0. The van der Waals surface area contributed by atoms with Gasteiger partial charge < -0.3 is 15.3 Å². The molecule has 232 valence electrons. The molecule has 0 aliphatic heterocycles. The van der Waals surface area contributed by atoms with Crippen molar-refractivity contribution in [3.8, 4) is 11.5 Å². The van der Waals surface area contributed by atoms with Crippen LogP contribution in [0.5, 0.6) is 11.5 Å². The number of allylic oxidation sites excluding steroid dienone is 4. The van der Waals surface area contributed by atoms with Gasteiger partial charge in [0, 0.05) is 24.7 Å². The standard InChI is InChI=1S/C28H29N11O5S/c1-18-31-33-35-38(18)29-16-20-7-9-26(41)24(13-20)28(22-5-4-6-23(15-22)45(43,44)37(3)11-12-40)25-14-21(8-10-27(25)42)17-30-39-19(2)32-34-36-39/h4,6-10,13-17,40-42H,5,11-12H2,1-3H3/b29-16+,30-17+. The van der Waals surface area contributed by atoms with Crippen LogP contribution in [-0.4, -0.2) is 101 Å². The zero-order chi connectivity index (χ0) is 32.1. The molecule has 0 saturated heterocycles. The summed E-state index contributed by atoms with van der Waals surface area (Å²) in [5, 5.41) is 62.5. The van der Waals surface area contributed by atoms with Crippen LogP contribution in [0.25, 0.3) is 5.57 Å². The van der Waals surface area contributed by atoms with Crippen molar-refractivity contribution in [2.24, 2.45) is 10.2 Å². The molecule has 2 aromatic heterocycles. The van der Waals surface area contributed by atoms with E-state index in [1.165, 1.54) is 53.3 Å². The Bertz CT molecular complexity index is 1890. The summed E-state index contributed by atoms with van der Waals surface area (Å²) in [7, 11) is -2.59. The molecule has 0 atom stereocenters. The Balaban J connectivity index is 1.70. The number of hydrogen-bond donors (Lipinski definition) is 3. The minimum absolute atomic E-state index is 0.0186. The Hall–Kier alpha value is -5.39. The van der Waals surface area contributed by atoms with E-state index in [1.807, 2.05) is 0 Å². The molecule has 4 aromatic rings. The summed E-state index contributed by atoms with van der Waals surface area (Å²) < 4.78 is 27.7. The van der Waals surface area contributed by atoms with Crippen molar-refractivity contribution >= 4 is 28.0 Å². The predicted molar refractivity (Wildman–Crippen MR) is 164 cm³/mol. The van der Waals surface area contributed by atoms with Crippen LogP contribution >= 0.6 is 0 Å². The molecule has 1 aliphatic rings. The highest BCUT2D eigenvalue weighted by Crippen LogP contribution is 2.40. The molecule has 0 amide bonds. The topological polar surface area (TPSA) is 210 Å². The second-order valence-corrected chi connectivity index (χ2v) is 11.9. The lowest BCUT2D eigenvalue weighted by atomic mass is 9.87. The summed E-state index contributed by atoms with van der Waals surface area (Å²) in [4.78, 5) is 2.46. The van der Waals surface area contributed by atoms with Crippen LogP contribution in [0.2, 0.25) is 0 Å². The van der Waals surface area contributed by atoms with Gasteiger partial charge in [-0.05, 0) is 112 Å². The number of aliphatic hydroxyl groups excluding tert-OH is 1. The normalized spacial score (nSPS) is 13.8. The summed E-state index contributed by atoms with van der Waals surface area (Å²) in [6, 6.07) is 9.53. The van der Waals surface area contributed by atoms with Crippen LogP contribution < -0.4 is 0 Å². The first kappa shape index (κ1) is 31.0. The first-order valence-electron chi connectivity index (χ1n) is 13.5. The predicted octanol–water partition coefficient (Wildman–Crippen LogP) is 1.35. The Morgan fingerprint density at radius 3 is 1.93 bits per heavy atom. The molecule has 0 radical (unpaired) electrons. The number of nitrogens with zero attached hydrogens (tertiary/aromatic N) is 11. The number of aryl methyl sites for hydroxylation is 2. The number of hydrogen-bond acceptors (Lipinski definition) is 13. The molecular weight excluding hydrogens is 602 g/mol. The molecule has 2 heterocycles. The molecule has 0 bridgehead atoms. The quantitative estimate of drug-likeness (QED) is 0.213. The Labute approximate surface area is 257 Å². The Morgan fingerprint density at radius 1 is 0.933 bits per heavy atom. The number of sulfonamides is 1. The van der Waals surface area contributed by atoms with Crippen LogP contribution in [0.15, 0.2) is 75.3 Å². The molecule has 16 nitrogen and oxygen atoms in total. The van der Waals surface area contributed by atoms with Gasteiger partial charge in [0.2, 0.25) is 10.0 Å². The monoisotopic (exact) mass is 631 g/mol. The lowest BCUT2D eigenvalue weighted by Crippen LogP contribution is -2.30. The summed E-state index contributed by atoms with van der Waals surface area (Å²) in [6.07, 6.45) is 7.94. The number of benzene rings is 2. The number of aromatic nitrogens is 8. The lowest BCUT2D eigenvalue weighted by Gasteiger charge is -2.21. The van der Waals surface area contributed by atoms with Gasteiger partial charge in [0.25, 0.3) is 0 Å². The van der Waals surface area contributed by atoms with Gasteiger partial charge in [0.1, 0.15) is 11.5 Å². The summed E-state index contributed by atoms with van der Waals surface area (Å²) in [5.74, 6) is 0.682. The van der Waals surface area contributed by atoms with E-state index in [-0.39, 0.29) is 36.0 Å². The van der Waals surface area contributed by atoms with Crippen molar-refractivity contribution in [3.05, 3.63) is 99.0 Å². The van der Waals surface area contributed by atoms with E-state index in [0.717, 1.165) is 4.31 Å². The van der Waals surface area contributed by atoms with Crippen LogP contribution in [0.3, 0.4) is 0 Å². The molecule has 0 unspecified atom stereocenters. The molecule has 1 aliphatic carbocycles. The third-order valence-corrected chi connectivity index (χ3v) is 8.65. The van der Waals surface area contributed by atoms with Gasteiger partial charge in [-0.1, -0.05) is 6.08 Å². The molecule has 0 saturated carbocycles. The molecule has 0 fully saturated rings. The van der Waals surface area contributed by atoms with Crippen LogP contribution in [0.1, 0.15) is 40.3 Å². The molecule has 5 rings (SSSR count). The minimum Gasteiger partial charge on any atom is -0.507 e. The number of aromatic hydroxyl groups is 2. The lowest BCUT2D eigenvalue weighted by molar-refractivity contribution is 0.267. The highest BCUT2D eigenvalue weighted by atomic mass is 32.2. The van der Waals surface area contributed by atoms with E-state index in [9.17, 15) is 23.7 Å². The van der Waals surface area contributed by atoms with Crippen molar-refractivity contribution in [2.75, 3.05) is 20.2 Å². The van der Waals surface area contributed by atoms with Gasteiger partial charge in [-0.3, -0.25) is 0 Å². The van der Waals surface area contributed by atoms with Crippen molar-refractivity contribution in [1.82, 2.24) is 44.9 Å². The van der Waals surface area contributed by atoms with Crippen molar-refractivity contribution in [3.63, 3.8) is 0 Å². The summed E-state index contributed by atoms with van der Waals surface area (Å²) in [6.45, 7) is 2.94. The zero-order valence-corrected chi connectivity index (χ0v) is 25.3. The number of likely N-dealkylation sites (N-methyl/N-ethyl adjacent to an activating group) is 1. The van der Waals surface area contributed by atoms with E-state index in [2.05, 4.69) is 41.3 Å². The number of phenolic OH excluding ortho intramolecular Hbond substituents is 2. The Morgan fingerprint density at radius 2 is 1.47 bits per heavy atom. The van der Waals surface area contributed by atoms with E-state index >= 15 is 0 Å². The summed E-state index contributed by atoms with van der Waals surface area (Å²) in [5.41, 5.74) is 2.59. The van der Waals surface area contributed by atoms with Crippen LogP contribution in [-0.2, 0) is 10.0 Å². The number of tetrazole rings is 2. The van der Waals surface area contributed by atoms with Crippen LogP contribution in [0, 0.1) is 13.8 Å². The average Bonchev–Trinajstić information content (AvgIpc) is 3.64. The third-order valence-electron chi connectivity index (χ3n) is 6.80. The van der Waals surface area contributed by atoms with E-state index in [1.54, 1.807) is 44.2 Å². The van der Waals surface area contributed by atoms with Crippen molar-refractivity contribution in [2.45, 2.75) is 20.3 Å². The SMILES string of the molecule is Cc1nnnn1/N=C/c1ccc(O)c(C(=C2C=C(S(=O)(=O)N(C)CCO)C=CC2)c2cc(/C=N/n3nnnc3C)ccc2O)c1. The molecular formula is C28H29N11O5S. The maximum absolute atomic E-state index is 13.3. The third kappa shape index (κ3) is 6.74. The highest BCUT2D eigenvalue weighted by Gasteiger charge is 2.26. The van der Waals surface area contributed by atoms with Gasteiger partial charge in [0.05, 0.1) is 23.9 Å². The molecule has 17 heteroatoms. The van der Waals surface area contributed by atoms with E-state index in [4.69, 9.17) is 0 Å². The molecule has 0 spiro atoms. The van der Waals surface area contributed by atoms with E-state index < -0.39 is 10.0 Å². The fraction of sp³-hybridized carbons (Fsp3) is 0.214. The zero-order valence-electron chi connectivity index (χ0n) is 24.5. The highest BCUT2D eigenvalue weighted by molar-refractivity contribution is 7.93. The van der Waals surface area contributed by atoms with Crippen molar-refractivity contribution in [1.29, 1.82) is 0 Å². The minimum atomic E-state index is -3.96. The van der Waals surface area contributed by atoms with Gasteiger partial charge in [0.15, 0.2) is 11.6 Å². The Kier molecular flexibility index (Phi) is 9.03. The fourth-order valence-electron chi connectivity index (χ4n) is 4.43. The second-order valence-electron chi connectivity index (χ2n) is 9.88. The first-order chi connectivity index (χ1) is 21.6. The van der Waals surface area contributed by atoms with Gasteiger partial charge in [-0.2, -0.15) is 14.5 Å². The largest absolute Gasteiger partial charge is 0.507 e. The van der Waals surface area contributed by atoms with Gasteiger partial charge in [-0.25, -0.2) is 8.42 Å². The van der Waals surface area contributed by atoms with Crippen molar-refractivity contribution < 1.29 is 23.7 Å². The average molecular weight is 632 g/mol.